The molecule has 0 aliphatic rings. The van der Waals surface area contributed by atoms with Crippen LogP contribution in [-0.4, -0.2) is 40.8 Å². The van der Waals surface area contributed by atoms with E-state index in [0.717, 1.165) is 22.5 Å². The molecule has 0 fully saturated rings. The van der Waals surface area contributed by atoms with E-state index >= 15 is 0 Å². The molecule has 2 heterocycles. The van der Waals surface area contributed by atoms with Crippen LogP contribution in [0.15, 0.2) is 30.5 Å². The number of carbonyl (C=O) groups excluding carboxylic acids is 3. The van der Waals surface area contributed by atoms with Gasteiger partial charge in [-0.1, -0.05) is 13.0 Å². The van der Waals surface area contributed by atoms with Crippen molar-refractivity contribution in [1.82, 2.24) is 9.78 Å². The van der Waals surface area contributed by atoms with Gasteiger partial charge in [-0.25, -0.2) is 14.3 Å². The Kier molecular flexibility index (Phi) is 8.64. The number of amides is 1. The molecule has 0 saturated heterocycles. The summed E-state index contributed by atoms with van der Waals surface area (Å²) in [6.45, 7) is 9.71. The van der Waals surface area contributed by atoms with E-state index in [-0.39, 0.29) is 41.1 Å². The van der Waals surface area contributed by atoms with Crippen LogP contribution in [0.5, 0.6) is 5.75 Å². The molecule has 0 unspecified atom stereocenters. The largest absolute Gasteiger partial charge is 0.471 e. The van der Waals surface area contributed by atoms with Crippen molar-refractivity contribution in [2.24, 2.45) is 0 Å². The minimum absolute atomic E-state index is 0.121. The number of rotatable bonds is 10. The fourth-order valence-corrected chi connectivity index (χ4v) is 4.47. The Bertz CT molecular complexity index is 1210. The van der Waals surface area contributed by atoms with Crippen molar-refractivity contribution in [2.45, 2.75) is 47.8 Å². The van der Waals surface area contributed by atoms with Crippen LogP contribution in [0.1, 0.15) is 67.5 Å². The molecule has 3 rings (SSSR count). The summed E-state index contributed by atoms with van der Waals surface area (Å²) in [6.07, 6.45) is 2.26. The molecule has 0 saturated carbocycles. The van der Waals surface area contributed by atoms with Crippen LogP contribution in [0.25, 0.3) is 0 Å². The summed E-state index contributed by atoms with van der Waals surface area (Å²) < 4.78 is 17.6. The number of nitrogens with zero attached hydrogens (tertiary/aromatic N) is 2. The van der Waals surface area contributed by atoms with Gasteiger partial charge in [-0.3, -0.25) is 4.79 Å². The van der Waals surface area contributed by atoms with Gasteiger partial charge >= 0.3 is 11.9 Å². The molecule has 0 aliphatic heterocycles. The van der Waals surface area contributed by atoms with Gasteiger partial charge in [0.1, 0.15) is 15.6 Å². The second kappa shape index (κ2) is 11.7. The van der Waals surface area contributed by atoms with Gasteiger partial charge in [0.25, 0.3) is 5.91 Å². The summed E-state index contributed by atoms with van der Waals surface area (Å²) in [5, 5.41) is 7.17. The Balaban J connectivity index is 1.77. The molecule has 0 spiro atoms. The first kappa shape index (κ1) is 26.0. The van der Waals surface area contributed by atoms with Crippen LogP contribution in [0.3, 0.4) is 0 Å². The standard InChI is InChI=1S/C25H29N3O6S/c1-6-10-33-24(30)20-17(5)21(25(31)32-7-2)35-23(20)26-22(29)19-8-9-28(27-19)14-34-18-12-15(3)11-16(4)13-18/h8-9,11-13H,6-7,10,14H2,1-5H3,(H,26,29). The number of aryl methyl sites for hydroxylation is 2. The second-order valence-electron chi connectivity index (χ2n) is 7.91. The molecule has 186 valence electrons. The fourth-order valence-electron chi connectivity index (χ4n) is 3.38. The summed E-state index contributed by atoms with van der Waals surface area (Å²) in [4.78, 5) is 38.2. The number of ether oxygens (including phenoxy) is 3. The molecule has 0 bridgehead atoms. The van der Waals surface area contributed by atoms with E-state index in [1.54, 1.807) is 26.1 Å². The first-order valence-corrected chi connectivity index (χ1v) is 12.1. The lowest BCUT2D eigenvalue weighted by atomic mass is 10.1. The fraction of sp³-hybridized carbons (Fsp3) is 0.360. The molecule has 10 heteroatoms. The summed E-state index contributed by atoms with van der Waals surface area (Å²) in [5.74, 6) is -0.997. The molecule has 1 aromatic carbocycles. The van der Waals surface area contributed by atoms with Gasteiger partial charge in [0.05, 0.1) is 18.8 Å². The number of hydrogen-bond acceptors (Lipinski definition) is 8. The highest BCUT2D eigenvalue weighted by atomic mass is 32.1. The average Bonchev–Trinajstić information content (AvgIpc) is 3.40. The van der Waals surface area contributed by atoms with Crippen molar-refractivity contribution in [3.05, 3.63) is 63.3 Å². The summed E-state index contributed by atoms with van der Waals surface area (Å²) in [7, 11) is 0. The van der Waals surface area contributed by atoms with Crippen molar-refractivity contribution >= 4 is 34.2 Å². The van der Waals surface area contributed by atoms with E-state index in [0.29, 0.717) is 17.7 Å². The van der Waals surface area contributed by atoms with Crippen molar-refractivity contribution < 1.29 is 28.6 Å². The molecule has 0 radical (unpaired) electrons. The summed E-state index contributed by atoms with van der Waals surface area (Å²) >= 11 is 0.969. The lowest BCUT2D eigenvalue weighted by molar-refractivity contribution is 0.0506. The van der Waals surface area contributed by atoms with Crippen LogP contribution >= 0.6 is 11.3 Å². The SMILES string of the molecule is CCCOC(=O)c1c(NC(=O)c2ccn(COc3cc(C)cc(C)c3)n2)sc(C(=O)OCC)c1C. The van der Waals surface area contributed by atoms with Crippen LogP contribution in [0.2, 0.25) is 0 Å². The van der Waals surface area contributed by atoms with E-state index in [2.05, 4.69) is 16.5 Å². The van der Waals surface area contributed by atoms with E-state index in [4.69, 9.17) is 14.2 Å². The zero-order chi connectivity index (χ0) is 25.5. The first-order chi connectivity index (χ1) is 16.7. The van der Waals surface area contributed by atoms with Crippen molar-refractivity contribution in [3.8, 4) is 5.75 Å². The van der Waals surface area contributed by atoms with Gasteiger partial charge in [0.15, 0.2) is 12.4 Å². The number of anilines is 1. The maximum absolute atomic E-state index is 12.9. The number of aromatic nitrogens is 2. The number of hydrogen-bond donors (Lipinski definition) is 1. The maximum Gasteiger partial charge on any atom is 0.348 e. The molecule has 2 aromatic heterocycles. The Morgan fingerprint density at radius 1 is 1.03 bits per heavy atom. The second-order valence-corrected chi connectivity index (χ2v) is 8.93. The van der Waals surface area contributed by atoms with E-state index in [1.165, 1.54) is 4.68 Å². The number of esters is 2. The van der Waals surface area contributed by atoms with Gasteiger partial charge in [-0.2, -0.15) is 5.10 Å². The zero-order valence-corrected chi connectivity index (χ0v) is 21.3. The van der Waals surface area contributed by atoms with Gasteiger partial charge in [0, 0.05) is 6.20 Å². The predicted octanol–water partition coefficient (Wildman–Crippen LogP) is 4.90. The van der Waals surface area contributed by atoms with Crippen LogP contribution in [0, 0.1) is 20.8 Å². The van der Waals surface area contributed by atoms with E-state index < -0.39 is 17.8 Å². The van der Waals surface area contributed by atoms with Crippen LogP contribution in [-0.2, 0) is 16.2 Å². The third-order valence-electron chi connectivity index (χ3n) is 4.91. The van der Waals surface area contributed by atoms with Crippen molar-refractivity contribution in [2.75, 3.05) is 18.5 Å². The minimum Gasteiger partial charge on any atom is -0.471 e. The van der Waals surface area contributed by atoms with Crippen molar-refractivity contribution in [1.29, 1.82) is 0 Å². The third kappa shape index (κ3) is 6.48. The quantitative estimate of drug-likeness (QED) is 0.395. The highest BCUT2D eigenvalue weighted by Crippen LogP contribution is 2.34. The van der Waals surface area contributed by atoms with E-state index in [1.807, 2.05) is 32.9 Å². The monoisotopic (exact) mass is 499 g/mol. The predicted molar refractivity (Wildman–Crippen MR) is 132 cm³/mol. The topological polar surface area (TPSA) is 109 Å². The summed E-state index contributed by atoms with van der Waals surface area (Å²) in [5.41, 5.74) is 2.84. The molecule has 0 atom stereocenters. The van der Waals surface area contributed by atoms with Crippen LogP contribution in [0.4, 0.5) is 5.00 Å². The smallest absolute Gasteiger partial charge is 0.348 e. The Morgan fingerprint density at radius 3 is 2.40 bits per heavy atom. The molecule has 1 amide bonds. The highest BCUT2D eigenvalue weighted by Gasteiger charge is 2.28. The zero-order valence-electron chi connectivity index (χ0n) is 20.5. The lowest BCUT2D eigenvalue weighted by Gasteiger charge is -2.08. The molecule has 0 aliphatic carbocycles. The number of nitrogens with one attached hydrogen (secondary N) is 1. The summed E-state index contributed by atoms with van der Waals surface area (Å²) in [6, 6.07) is 7.43. The molecule has 35 heavy (non-hydrogen) atoms. The van der Waals surface area contributed by atoms with Crippen molar-refractivity contribution in [3.63, 3.8) is 0 Å². The minimum atomic E-state index is -0.612. The first-order valence-electron chi connectivity index (χ1n) is 11.3. The highest BCUT2D eigenvalue weighted by molar-refractivity contribution is 7.18. The van der Waals surface area contributed by atoms with Crippen LogP contribution < -0.4 is 10.1 Å². The van der Waals surface area contributed by atoms with Gasteiger partial charge < -0.3 is 19.5 Å². The number of carbonyl (C=O) groups is 3. The average molecular weight is 500 g/mol. The number of thiophene rings is 1. The molecular formula is C25H29N3O6S. The Labute approximate surface area is 208 Å². The van der Waals surface area contributed by atoms with E-state index in [9.17, 15) is 14.4 Å². The molecule has 9 nitrogen and oxygen atoms in total. The number of benzene rings is 1. The van der Waals surface area contributed by atoms with Gasteiger partial charge in [-0.15, -0.1) is 11.3 Å². The molecule has 1 N–H and O–H groups in total. The Hall–Kier alpha value is -3.66. The maximum atomic E-state index is 12.9. The van der Waals surface area contributed by atoms with Gasteiger partial charge in [-0.05, 0) is 69.0 Å². The molecular weight excluding hydrogens is 470 g/mol. The molecule has 3 aromatic rings. The third-order valence-corrected chi connectivity index (χ3v) is 6.10. The lowest BCUT2D eigenvalue weighted by Crippen LogP contribution is -2.16. The van der Waals surface area contributed by atoms with Gasteiger partial charge in [0.2, 0.25) is 0 Å². The normalized spacial score (nSPS) is 10.7. The Morgan fingerprint density at radius 2 is 1.74 bits per heavy atom.